The Morgan fingerprint density at radius 2 is 0.684 bits per heavy atom. The lowest BCUT2D eigenvalue weighted by Crippen LogP contribution is -2.09. The van der Waals surface area contributed by atoms with Crippen LogP contribution in [0.4, 0.5) is 17.1 Å². The first-order chi connectivity index (χ1) is 37.7. The highest BCUT2D eigenvalue weighted by Gasteiger charge is 2.21. The molecule has 3 heterocycles. The molecule has 354 valence electrons. The van der Waals surface area contributed by atoms with Gasteiger partial charge in [-0.3, -0.25) is 0 Å². The van der Waals surface area contributed by atoms with Crippen molar-refractivity contribution in [2.24, 2.45) is 0 Å². The molecule has 0 radical (unpaired) electrons. The van der Waals surface area contributed by atoms with Gasteiger partial charge in [0.15, 0.2) is 0 Å². The first kappa shape index (κ1) is 42.7. The lowest BCUT2D eigenvalue weighted by Gasteiger charge is -2.26. The second-order valence-electron chi connectivity index (χ2n) is 20.0. The number of nitrogens with zero attached hydrogens (tertiary/aromatic N) is 3. The lowest BCUT2D eigenvalue weighted by molar-refractivity contribution is 1.17. The maximum absolute atomic E-state index is 2.48. The normalized spacial score (nSPS) is 11.9. The molecule has 3 nitrogen and oxygen atoms in total. The number of rotatable bonds is 7. The smallest absolute Gasteiger partial charge is 0.0640 e. The van der Waals surface area contributed by atoms with Gasteiger partial charge in [0.1, 0.15) is 0 Å². The van der Waals surface area contributed by atoms with Gasteiger partial charge in [0.05, 0.1) is 32.5 Å². The van der Waals surface area contributed by atoms with Gasteiger partial charge in [0.2, 0.25) is 0 Å². The summed E-state index contributed by atoms with van der Waals surface area (Å²) in [5.41, 5.74) is 15.2. The van der Waals surface area contributed by atoms with Gasteiger partial charge in [-0.05, 0) is 152 Å². The molecule has 13 aromatic carbocycles. The van der Waals surface area contributed by atoms with Crippen LogP contribution in [0.1, 0.15) is 0 Å². The van der Waals surface area contributed by atoms with Crippen molar-refractivity contribution in [2.45, 2.75) is 0 Å². The molecule has 0 saturated heterocycles. The van der Waals surface area contributed by atoms with Crippen molar-refractivity contribution in [3.8, 4) is 33.6 Å². The van der Waals surface area contributed by atoms with Crippen LogP contribution in [0.5, 0.6) is 0 Å². The van der Waals surface area contributed by atoms with E-state index in [1.807, 2.05) is 11.3 Å². The third-order valence-electron chi connectivity index (χ3n) is 15.9. The predicted molar refractivity (Wildman–Crippen MR) is 326 cm³/mol. The van der Waals surface area contributed by atoms with Crippen LogP contribution < -0.4 is 4.90 Å². The van der Waals surface area contributed by atoms with Gasteiger partial charge in [-0.15, -0.1) is 11.3 Å². The summed E-state index contributed by atoms with van der Waals surface area (Å²) < 4.78 is 7.51. The number of para-hydroxylation sites is 2. The highest BCUT2D eigenvalue weighted by Crippen LogP contribution is 2.46. The van der Waals surface area contributed by atoms with Crippen LogP contribution in [0.15, 0.2) is 273 Å². The minimum atomic E-state index is 1.11. The van der Waals surface area contributed by atoms with E-state index in [1.54, 1.807) is 0 Å². The predicted octanol–water partition coefficient (Wildman–Crippen LogP) is 20.5. The quantitative estimate of drug-likeness (QED) is 0.145. The zero-order valence-electron chi connectivity index (χ0n) is 41.2. The average molecular weight is 984 g/mol. The second kappa shape index (κ2) is 16.9. The van der Waals surface area contributed by atoms with E-state index in [2.05, 4.69) is 287 Å². The molecule has 4 heteroatoms. The average Bonchev–Trinajstić information content (AvgIpc) is 4.15. The van der Waals surface area contributed by atoms with Gasteiger partial charge in [0, 0.05) is 59.8 Å². The molecule has 3 aromatic heterocycles. The topological polar surface area (TPSA) is 13.1 Å². The summed E-state index contributed by atoms with van der Waals surface area (Å²) in [5, 5.41) is 15.1. The van der Waals surface area contributed by atoms with Crippen LogP contribution in [-0.2, 0) is 0 Å². The Bertz CT molecular complexity index is 4950. The van der Waals surface area contributed by atoms with Crippen molar-refractivity contribution in [3.05, 3.63) is 273 Å². The third kappa shape index (κ3) is 6.54. The van der Waals surface area contributed by atoms with Crippen LogP contribution in [0.2, 0.25) is 0 Å². The number of hydrogen-bond donors (Lipinski definition) is 0. The molecule has 0 N–H and O–H groups in total. The van der Waals surface area contributed by atoms with Gasteiger partial charge in [0.25, 0.3) is 0 Å². The molecular weight excluding hydrogens is 939 g/mol. The van der Waals surface area contributed by atoms with Gasteiger partial charge < -0.3 is 14.0 Å². The summed E-state index contributed by atoms with van der Waals surface area (Å²) >= 11 is 1.86. The Balaban J connectivity index is 0.889. The zero-order chi connectivity index (χ0) is 49.8. The highest BCUT2D eigenvalue weighted by atomic mass is 32.1. The summed E-state index contributed by atoms with van der Waals surface area (Å²) in [6.07, 6.45) is 0. The number of benzene rings is 13. The Kier molecular flexibility index (Phi) is 9.51. The molecule has 76 heavy (non-hydrogen) atoms. The molecule has 0 atom stereocenters. The fraction of sp³-hybridized carbons (Fsp3) is 0. The van der Waals surface area contributed by atoms with E-state index >= 15 is 0 Å². The standard InChI is InChI=1S/C72H45N3S/c1-3-16-46(17-4-1)48-32-39-67-63(42-48)59-24-11-13-27-66(59)74(67)53-37-41-69-65(45-53)64-43-49(33-40-68(64)75(69)52-36-38-58-56-22-8-7-20-54(56)55-21-9-10-23-57(55)62(58)44-52)47-30-34-51(35-31-47)73(50-18-5-2-6-19-50)70-28-15-26-61-60-25-12-14-29-71(60)76-72(61)70/h1-45H. The van der Waals surface area contributed by atoms with Gasteiger partial charge in [-0.25, -0.2) is 0 Å². The van der Waals surface area contributed by atoms with E-state index in [-0.39, 0.29) is 0 Å². The van der Waals surface area contributed by atoms with Crippen molar-refractivity contribution in [1.29, 1.82) is 0 Å². The van der Waals surface area contributed by atoms with E-state index < -0.39 is 0 Å². The molecule has 0 spiro atoms. The number of hydrogen-bond acceptors (Lipinski definition) is 2. The van der Waals surface area contributed by atoms with E-state index in [9.17, 15) is 0 Å². The Morgan fingerprint density at radius 3 is 1.36 bits per heavy atom. The summed E-state index contributed by atoms with van der Waals surface area (Å²) in [4.78, 5) is 2.41. The Morgan fingerprint density at radius 1 is 0.250 bits per heavy atom. The fourth-order valence-electron chi connectivity index (χ4n) is 12.4. The molecule has 0 aliphatic heterocycles. The SMILES string of the molecule is c1ccc(-c2ccc3c(c2)c2ccccc2n3-c2ccc3c(c2)c2cc(-c4ccc(N(c5ccccc5)c5cccc6c5sc5ccccc56)cc4)ccc2n3-c2ccc3c4ccccc4c4ccccc4c3c2)cc1. The number of thiophene rings is 1. The maximum atomic E-state index is 2.48. The van der Waals surface area contributed by atoms with E-state index in [0.717, 1.165) is 33.8 Å². The van der Waals surface area contributed by atoms with Crippen molar-refractivity contribution in [3.63, 3.8) is 0 Å². The van der Waals surface area contributed by atoms with Crippen LogP contribution >= 0.6 is 11.3 Å². The van der Waals surface area contributed by atoms with Crippen molar-refractivity contribution < 1.29 is 0 Å². The van der Waals surface area contributed by atoms with Gasteiger partial charge >= 0.3 is 0 Å². The van der Waals surface area contributed by atoms with Crippen molar-refractivity contribution in [2.75, 3.05) is 4.90 Å². The molecule has 16 rings (SSSR count). The number of fused-ring (bicyclic) bond motifs is 15. The first-order valence-electron chi connectivity index (χ1n) is 26.1. The summed E-state index contributed by atoms with van der Waals surface area (Å²) in [6.45, 7) is 0. The van der Waals surface area contributed by atoms with Crippen LogP contribution in [0.25, 0.3) is 130 Å². The molecule has 0 fully saturated rings. The molecule has 0 saturated carbocycles. The van der Waals surface area contributed by atoms with E-state index in [0.29, 0.717) is 0 Å². The third-order valence-corrected chi connectivity index (χ3v) is 17.1. The van der Waals surface area contributed by atoms with Crippen LogP contribution in [0.3, 0.4) is 0 Å². The molecule has 0 aliphatic carbocycles. The summed E-state index contributed by atoms with van der Waals surface area (Å²) in [5.74, 6) is 0. The van der Waals surface area contributed by atoms with Crippen LogP contribution in [-0.4, -0.2) is 9.13 Å². The molecule has 0 amide bonds. The number of aromatic nitrogens is 2. The summed E-state index contributed by atoms with van der Waals surface area (Å²) in [6, 6.07) is 101. The Labute approximate surface area is 442 Å². The van der Waals surface area contributed by atoms with Gasteiger partial charge in [-0.2, -0.15) is 0 Å². The molecule has 0 unspecified atom stereocenters. The molecule has 16 aromatic rings. The van der Waals surface area contributed by atoms with Gasteiger partial charge in [-0.1, -0.05) is 176 Å². The maximum Gasteiger partial charge on any atom is 0.0640 e. The van der Waals surface area contributed by atoms with E-state index in [1.165, 1.54) is 113 Å². The van der Waals surface area contributed by atoms with Crippen LogP contribution in [0, 0.1) is 0 Å². The highest BCUT2D eigenvalue weighted by molar-refractivity contribution is 7.26. The Hall–Kier alpha value is -9.74. The minimum Gasteiger partial charge on any atom is -0.309 e. The zero-order valence-corrected chi connectivity index (χ0v) is 42.0. The largest absolute Gasteiger partial charge is 0.309 e. The molecule has 0 bridgehead atoms. The molecular formula is C72H45N3S. The van der Waals surface area contributed by atoms with Crippen molar-refractivity contribution in [1.82, 2.24) is 9.13 Å². The summed E-state index contributed by atoms with van der Waals surface area (Å²) in [7, 11) is 0. The monoisotopic (exact) mass is 983 g/mol. The number of anilines is 3. The van der Waals surface area contributed by atoms with E-state index in [4.69, 9.17) is 0 Å². The minimum absolute atomic E-state index is 1.11. The molecule has 0 aliphatic rings. The fourth-order valence-corrected chi connectivity index (χ4v) is 13.6. The lowest BCUT2D eigenvalue weighted by atomic mass is 9.94. The van der Waals surface area contributed by atoms with Crippen molar-refractivity contribution >= 4 is 125 Å². The first-order valence-corrected chi connectivity index (χ1v) is 26.9. The second-order valence-corrected chi connectivity index (χ2v) is 21.1.